The first kappa shape index (κ1) is 16.4. The highest BCUT2D eigenvalue weighted by Gasteiger charge is 2.34. The maximum atomic E-state index is 13.1. The smallest absolute Gasteiger partial charge is 0.309 e. The summed E-state index contributed by atoms with van der Waals surface area (Å²) < 4.78 is 44.4. The number of nitrogens with zero attached hydrogens (tertiary/aromatic N) is 1. The highest BCUT2D eigenvalue weighted by atomic mass is 79.9. The fourth-order valence-corrected chi connectivity index (χ4v) is 4.88. The maximum Gasteiger partial charge on any atom is 0.309 e. The number of halogens is 2. The Kier molecular flexibility index (Phi) is 5.00. The maximum absolute atomic E-state index is 13.1. The second-order valence-electron chi connectivity index (χ2n) is 4.80. The van der Waals surface area contributed by atoms with Gasteiger partial charge in [-0.1, -0.05) is 0 Å². The normalized spacial score (nSPS) is 20.2. The molecule has 0 N–H and O–H groups in total. The molecule has 0 spiro atoms. The molecule has 0 aromatic heterocycles. The van der Waals surface area contributed by atoms with Gasteiger partial charge in [-0.25, -0.2) is 12.8 Å². The summed E-state index contributed by atoms with van der Waals surface area (Å²) in [5.41, 5.74) is 0. The zero-order chi connectivity index (χ0) is 15.6. The average Bonchev–Trinajstić information content (AvgIpc) is 2.46. The van der Waals surface area contributed by atoms with Gasteiger partial charge in [0.25, 0.3) is 0 Å². The lowest BCUT2D eigenvalue weighted by Crippen LogP contribution is -2.42. The van der Waals surface area contributed by atoms with E-state index in [4.69, 9.17) is 0 Å². The van der Waals surface area contributed by atoms with Crippen molar-refractivity contribution in [1.29, 1.82) is 0 Å². The van der Waals surface area contributed by atoms with Gasteiger partial charge in [-0.2, -0.15) is 4.31 Å². The van der Waals surface area contributed by atoms with Gasteiger partial charge in [-0.05, 0) is 47.0 Å². The number of hydrogen-bond acceptors (Lipinski definition) is 4. The van der Waals surface area contributed by atoms with Crippen molar-refractivity contribution in [3.05, 3.63) is 28.5 Å². The van der Waals surface area contributed by atoms with E-state index in [1.54, 1.807) is 0 Å². The number of esters is 1. The second-order valence-corrected chi connectivity index (χ2v) is 7.56. The minimum absolute atomic E-state index is 0.00517. The number of carbonyl (C=O) groups excluding carboxylic acids is 1. The Labute approximate surface area is 131 Å². The molecule has 8 heteroatoms. The van der Waals surface area contributed by atoms with Crippen LogP contribution in [0.5, 0.6) is 0 Å². The van der Waals surface area contributed by atoms with Crippen molar-refractivity contribution in [2.45, 2.75) is 17.7 Å². The van der Waals surface area contributed by atoms with Crippen LogP contribution in [0.2, 0.25) is 0 Å². The summed E-state index contributed by atoms with van der Waals surface area (Å²) in [6.07, 6.45) is 1.18. The molecule has 0 aliphatic carbocycles. The number of sulfonamides is 1. The minimum atomic E-state index is -3.77. The summed E-state index contributed by atoms with van der Waals surface area (Å²) >= 11 is 3.07. The molecule has 0 amide bonds. The lowest BCUT2D eigenvalue weighted by Gasteiger charge is -2.30. The van der Waals surface area contributed by atoms with E-state index in [0.717, 1.165) is 12.1 Å². The first-order valence-electron chi connectivity index (χ1n) is 6.39. The average molecular weight is 380 g/mol. The van der Waals surface area contributed by atoms with Crippen molar-refractivity contribution in [2.75, 3.05) is 20.2 Å². The Morgan fingerprint density at radius 3 is 2.81 bits per heavy atom. The van der Waals surface area contributed by atoms with E-state index < -0.39 is 27.7 Å². The molecule has 21 heavy (non-hydrogen) atoms. The SMILES string of the molecule is COC(=O)[C@H]1CCCN(S(=O)(=O)c2ccc(F)cc2Br)C1. The topological polar surface area (TPSA) is 63.7 Å². The lowest BCUT2D eigenvalue weighted by atomic mass is 10.0. The number of ether oxygens (including phenoxy) is 1. The largest absolute Gasteiger partial charge is 0.469 e. The molecule has 1 saturated heterocycles. The van der Waals surface area contributed by atoms with E-state index >= 15 is 0 Å². The van der Waals surface area contributed by atoms with Crippen LogP contribution in [0.3, 0.4) is 0 Å². The molecular weight excluding hydrogens is 365 g/mol. The fourth-order valence-electron chi connectivity index (χ4n) is 2.34. The standard InChI is InChI=1S/C13H15BrFNO4S/c1-20-13(17)9-3-2-6-16(8-9)21(18,19)12-5-4-10(15)7-11(12)14/h4-5,7,9H,2-3,6,8H2,1H3/t9-/m0/s1. The zero-order valence-electron chi connectivity index (χ0n) is 11.4. The molecular formula is C13H15BrFNO4S. The third kappa shape index (κ3) is 3.44. The number of hydrogen-bond donors (Lipinski definition) is 0. The van der Waals surface area contributed by atoms with Crippen LogP contribution in [0.4, 0.5) is 4.39 Å². The third-order valence-corrected chi connectivity index (χ3v) is 6.27. The van der Waals surface area contributed by atoms with E-state index in [2.05, 4.69) is 20.7 Å². The predicted octanol–water partition coefficient (Wildman–Crippen LogP) is 2.16. The monoisotopic (exact) mass is 379 g/mol. The van der Waals surface area contributed by atoms with E-state index in [0.29, 0.717) is 19.4 Å². The number of piperidine rings is 1. The zero-order valence-corrected chi connectivity index (χ0v) is 13.8. The molecule has 0 unspecified atom stereocenters. The molecule has 1 aromatic carbocycles. The van der Waals surface area contributed by atoms with Crippen molar-refractivity contribution in [3.8, 4) is 0 Å². The number of methoxy groups -OCH3 is 1. The van der Waals surface area contributed by atoms with Crippen LogP contribution in [-0.4, -0.2) is 38.9 Å². The molecule has 2 rings (SSSR count). The minimum Gasteiger partial charge on any atom is -0.469 e. The Morgan fingerprint density at radius 1 is 1.48 bits per heavy atom. The van der Waals surface area contributed by atoms with Crippen molar-refractivity contribution in [3.63, 3.8) is 0 Å². The summed E-state index contributed by atoms with van der Waals surface area (Å²) in [4.78, 5) is 11.6. The van der Waals surface area contributed by atoms with E-state index in [1.807, 2.05) is 0 Å². The fraction of sp³-hybridized carbons (Fsp3) is 0.462. The van der Waals surface area contributed by atoms with Gasteiger partial charge in [0.1, 0.15) is 5.82 Å². The highest BCUT2D eigenvalue weighted by Crippen LogP contribution is 2.29. The van der Waals surface area contributed by atoms with Gasteiger partial charge in [0.2, 0.25) is 10.0 Å². The van der Waals surface area contributed by atoms with Crippen LogP contribution in [0.1, 0.15) is 12.8 Å². The van der Waals surface area contributed by atoms with Crippen molar-refractivity contribution in [1.82, 2.24) is 4.31 Å². The van der Waals surface area contributed by atoms with Crippen molar-refractivity contribution >= 4 is 31.9 Å². The Morgan fingerprint density at radius 2 is 2.19 bits per heavy atom. The number of rotatable bonds is 3. The number of carbonyl (C=O) groups is 1. The quantitative estimate of drug-likeness (QED) is 0.754. The van der Waals surface area contributed by atoms with Gasteiger partial charge in [0.05, 0.1) is 17.9 Å². The van der Waals surface area contributed by atoms with E-state index in [1.165, 1.54) is 17.5 Å². The van der Waals surface area contributed by atoms with Crippen LogP contribution in [0, 0.1) is 11.7 Å². The molecule has 5 nitrogen and oxygen atoms in total. The highest BCUT2D eigenvalue weighted by molar-refractivity contribution is 9.10. The first-order chi connectivity index (χ1) is 9.86. The van der Waals surface area contributed by atoms with Gasteiger partial charge in [0, 0.05) is 17.6 Å². The molecule has 1 heterocycles. The van der Waals surface area contributed by atoms with Crippen molar-refractivity contribution in [2.24, 2.45) is 5.92 Å². The Bertz CT molecular complexity index is 650. The van der Waals surface area contributed by atoms with Crippen LogP contribution in [0.15, 0.2) is 27.6 Å². The molecule has 1 aromatic rings. The molecule has 1 atom stereocenters. The molecule has 0 saturated carbocycles. The molecule has 0 radical (unpaired) electrons. The van der Waals surface area contributed by atoms with Gasteiger partial charge >= 0.3 is 5.97 Å². The van der Waals surface area contributed by atoms with E-state index in [-0.39, 0.29) is 15.9 Å². The summed E-state index contributed by atoms with van der Waals surface area (Å²) in [7, 11) is -2.49. The third-order valence-electron chi connectivity index (χ3n) is 3.43. The molecule has 1 aliphatic rings. The van der Waals surface area contributed by atoms with Gasteiger partial charge < -0.3 is 4.74 Å². The van der Waals surface area contributed by atoms with Crippen LogP contribution in [0.25, 0.3) is 0 Å². The summed E-state index contributed by atoms with van der Waals surface area (Å²) in [5, 5.41) is 0. The van der Waals surface area contributed by atoms with Crippen molar-refractivity contribution < 1.29 is 22.3 Å². The predicted molar refractivity (Wildman–Crippen MR) is 77.6 cm³/mol. The molecule has 1 fully saturated rings. The lowest BCUT2D eigenvalue weighted by molar-refractivity contribution is -0.146. The summed E-state index contributed by atoms with van der Waals surface area (Å²) in [6, 6.07) is 3.42. The molecule has 0 bridgehead atoms. The number of benzene rings is 1. The van der Waals surface area contributed by atoms with Crippen LogP contribution >= 0.6 is 15.9 Å². The summed E-state index contributed by atoms with van der Waals surface area (Å²) in [6.45, 7) is 0.415. The van der Waals surface area contributed by atoms with E-state index in [9.17, 15) is 17.6 Å². The first-order valence-corrected chi connectivity index (χ1v) is 8.62. The Balaban J connectivity index is 2.28. The second kappa shape index (κ2) is 6.41. The molecule has 1 aliphatic heterocycles. The van der Waals surface area contributed by atoms with Gasteiger partial charge in [-0.3, -0.25) is 4.79 Å². The summed E-state index contributed by atoms with van der Waals surface area (Å²) in [5.74, 6) is -1.39. The molecule has 116 valence electrons. The van der Waals surface area contributed by atoms with Crippen LogP contribution < -0.4 is 0 Å². The Hall–Kier alpha value is -0.990. The van der Waals surface area contributed by atoms with Gasteiger partial charge in [0.15, 0.2) is 0 Å². The van der Waals surface area contributed by atoms with Crippen LogP contribution in [-0.2, 0) is 19.6 Å². The van der Waals surface area contributed by atoms with Gasteiger partial charge in [-0.15, -0.1) is 0 Å².